The number of rotatable bonds is 2. The molecule has 2 rings (SSSR count). The molecule has 0 aliphatic carbocycles. The number of nitrogens with zero attached hydrogens (tertiary/aromatic N) is 1. The lowest BCUT2D eigenvalue weighted by atomic mass is 10.1. The van der Waals surface area contributed by atoms with Crippen molar-refractivity contribution in [1.29, 1.82) is 0 Å². The second-order valence-corrected chi connectivity index (χ2v) is 6.80. The summed E-state index contributed by atoms with van der Waals surface area (Å²) in [6, 6.07) is 2.63. The summed E-state index contributed by atoms with van der Waals surface area (Å²) in [5.74, 6) is -2.89. The maximum atomic E-state index is 13.5. The lowest BCUT2D eigenvalue weighted by Gasteiger charge is -2.23. The summed E-state index contributed by atoms with van der Waals surface area (Å²) in [7, 11) is -1.80. The lowest BCUT2D eigenvalue weighted by Crippen LogP contribution is -2.38. The quantitative estimate of drug-likeness (QED) is 0.822. The largest absolute Gasteiger partial charge is 0.337 e. The number of benzene rings is 1. The van der Waals surface area contributed by atoms with Crippen LogP contribution in [0.2, 0.25) is 0 Å². The van der Waals surface area contributed by atoms with E-state index in [0.717, 1.165) is 17.0 Å². The predicted octanol–water partition coefficient (Wildman–Crippen LogP) is 1.22. The maximum Gasteiger partial charge on any atom is 0.259 e. The molecule has 1 amide bonds. The molecule has 0 aromatic heterocycles. The Kier molecular flexibility index (Phi) is 3.58. The zero-order chi connectivity index (χ0) is 14.2. The Bertz CT molecular complexity index is 595. The maximum absolute atomic E-state index is 13.5. The van der Waals surface area contributed by atoms with E-state index in [4.69, 9.17) is 0 Å². The van der Waals surface area contributed by atoms with Crippen molar-refractivity contribution in [3.63, 3.8) is 0 Å². The number of halogens is 2. The molecule has 4 nitrogen and oxygen atoms in total. The minimum absolute atomic E-state index is 0.00492. The van der Waals surface area contributed by atoms with Gasteiger partial charge in [0.05, 0.1) is 11.5 Å². The van der Waals surface area contributed by atoms with Crippen LogP contribution in [0, 0.1) is 11.6 Å². The summed E-state index contributed by atoms with van der Waals surface area (Å²) in [5, 5.41) is 0. The molecule has 1 aliphatic heterocycles. The Labute approximate surface area is 109 Å². The van der Waals surface area contributed by atoms with Crippen LogP contribution in [0.5, 0.6) is 0 Å². The standard InChI is InChI=1S/C12H13F2NO3S/c1-15(8-5-6-19(17,18)7-8)12(16)11-9(13)3-2-4-10(11)14/h2-4,8H,5-7H2,1H3/t8-/m1/s1. The fourth-order valence-electron chi connectivity index (χ4n) is 2.13. The van der Waals surface area contributed by atoms with E-state index >= 15 is 0 Å². The van der Waals surface area contributed by atoms with Gasteiger partial charge in [-0.05, 0) is 18.6 Å². The van der Waals surface area contributed by atoms with Gasteiger partial charge in [0, 0.05) is 13.1 Å². The van der Waals surface area contributed by atoms with E-state index in [-0.39, 0.29) is 11.5 Å². The Morgan fingerprint density at radius 3 is 2.37 bits per heavy atom. The van der Waals surface area contributed by atoms with Crippen molar-refractivity contribution < 1.29 is 22.0 Å². The molecule has 0 N–H and O–H groups in total. The zero-order valence-electron chi connectivity index (χ0n) is 10.3. The SMILES string of the molecule is CN(C(=O)c1c(F)cccc1F)[C@@H]1CCS(=O)(=O)C1. The van der Waals surface area contributed by atoms with Crippen molar-refractivity contribution in [2.45, 2.75) is 12.5 Å². The molecule has 1 heterocycles. The Morgan fingerprint density at radius 1 is 1.32 bits per heavy atom. The van der Waals surface area contributed by atoms with Crippen LogP contribution in [0.1, 0.15) is 16.8 Å². The molecule has 1 aliphatic rings. The van der Waals surface area contributed by atoms with E-state index in [1.807, 2.05) is 0 Å². The van der Waals surface area contributed by atoms with Crippen LogP contribution in [-0.2, 0) is 9.84 Å². The first-order valence-corrected chi connectivity index (χ1v) is 7.55. The average Bonchev–Trinajstić information content (AvgIpc) is 2.68. The first kappa shape index (κ1) is 13.9. The Hall–Kier alpha value is -1.50. The highest BCUT2D eigenvalue weighted by molar-refractivity contribution is 7.91. The fraction of sp³-hybridized carbons (Fsp3) is 0.417. The second-order valence-electron chi connectivity index (χ2n) is 4.57. The van der Waals surface area contributed by atoms with Crippen molar-refractivity contribution in [2.75, 3.05) is 18.6 Å². The van der Waals surface area contributed by atoms with Crippen LogP contribution in [0.4, 0.5) is 8.78 Å². The molecule has 1 atom stereocenters. The van der Waals surface area contributed by atoms with Gasteiger partial charge in [-0.15, -0.1) is 0 Å². The summed E-state index contributed by atoms with van der Waals surface area (Å²) in [6.07, 6.45) is 0.292. The van der Waals surface area contributed by atoms with Crippen LogP contribution in [-0.4, -0.2) is 43.8 Å². The van der Waals surface area contributed by atoms with Gasteiger partial charge in [0.1, 0.15) is 17.2 Å². The van der Waals surface area contributed by atoms with Crippen LogP contribution in [0.15, 0.2) is 18.2 Å². The van der Waals surface area contributed by atoms with E-state index in [1.54, 1.807) is 0 Å². The van der Waals surface area contributed by atoms with E-state index < -0.39 is 39.0 Å². The summed E-state index contributed by atoms with van der Waals surface area (Å²) in [6.45, 7) is 0. The summed E-state index contributed by atoms with van der Waals surface area (Å²) in [4.78, 5) is 13.1. The fourth-order valence-corrected chi connectivity index (χ4v) is 3.90. The van der Waals surface area contributed by atoms with E-state index in [1.165, 1.54) is 13.1 Å². The highest BCUT2D eigenvalue weighted by atomic mass is 32.2. The molecule has 0 unspecified atom stereocenters. The van der Waals surface area contributed by atoms with Crippen LogP contribution >= 0.6 is 0 Å². The Balaban J connectivity index is 2.25. The first-order chi connectivity index (χ1) is 8.82. The van der Waals surface area contributed by atoms with Crippen molar-refractivity contribution in [2.24, 2.45) is 0 Å². The average molecular weight is 289 g/mol. The third kappa shape index (κ3) is 2.75. The van der Waals surface area contributed by atoms with Gasteiger partial charge in [-0.2, -0.15) is 0 Å². The van der Waals surface area contributed by atoms with E-state index in [0.29, 0.717) is 6.42 Å². The van der Waals surface area contributed by atoms with Crippen molar-refractivity contribution in [3.8, 4) is 0 Å². The van der Waals surface area contributed by atoms with Gasteiger partial charge in [-0.3, -0.25) is 4.79 Å². The topological polar surface area (TPSA) is 54.5 Å². The predicted molar refractivity (Wildman–Crippen MR) is 65.5 cm³/mol. The van der Waals surface area contributed by atoms with Gasteiger partial charge in [0.25, 0.3) is 5.91 Å². The molecule has 104 valence electrons. The smallest absolute Gasteiger partial charge is 0.259 e. The van der Waals surface area contributed by atoms with Crippen molar-refractivity contribution in [3.05, 3.63) is 35.4 Å². The minimum atomic E-state index is -3.16. The van der Waals surface area contributed by atoms with Gasteiger partial charge in [0.2, 0.25) is 0 Å². The molecule has 1 aromatic carbocycles. The minimum Gasteiger partial charge on any atom is -0.337 e. The van der Waals surface area contributed by atoms with Crippen LogP contribution in [0.25, 0.3) is 0 Å². The molecule has 7 heteroatoms. The van der Waals surface area contributed by atoms with Gasteiger partial charge in [0.15, 0.2) is 9.84 Å². The molecular formula is C12H13F2NO3S. The number of sulfone groups is 1. The number of hydrogen-bond acceptors (Lipinski definition) is 3. The third-order valence-corrected chi connectivity index (χ3v) is 5.00. The second kappa shape index (κ2) is 4.88. The highest BCUT2D eigenvalue weighted by Gasteiger charge is 2.34. The van der Waals surface area contributed by atoms with E-state index in [2.05, 4.69) is 0 Å². The van der Waals surface area contributed by atoms with Gasteiger partial charge < -0.3 is 4.90 Å². The molecular weight excluding hydrogens is 276 g/mol. The lowest BCUT2D eigenvalue weighted by molar-refractivity contribution is 0.0738. The Morgan fingerprint density at radius 2 is 1.89 bits per heavy atom. The monoisotopic (exact) mass is 289 g/mol. The van der Waals surface area contributed by atoms with Gasteiger partial charge >= 0.3 is 0 Å². The van der Waals surface area contributed by atoms with Crippen molar-refractivity contribution >= 4 is 15.7 Å². The molecule has 0 saturated carbocycles. The van der Waals surface area contributed by atoms with E-state index in [9.17, 15) is 22.0 Å². The summed E-state index contributed by atoms with van der Waals surface area (Å²) >= 11 is 0. The van der Waals surface area contributed by atoms with Crippen LogP contribution in [0.3, 0.4) is 0 Å². The van der Waals surface area contributed by atoms with Crippen molar-refractivity contribution in [1.82, 2.24) is 4.90 Å². The highest BCUT2D eigenvalue weighted by Crippen LogP contribution is 2.20. The zero-order valence-corrected chi connectivity index (χ0v) is 11.1. The molecule has 19 heavy (non-hydrogen) atoms. The normalized spacial score (nSPS) is 21.3. The number of hydrogen-bond donors (Lipinski definition) is 0. The number of carbonyl (C=O) groups excluding carboxylic acids is 1. The summed E-state index contributed by atoms with van der Waals surface area (Å²) < 4.78 is 49.7. The molecule has 0 radical (unpaired) electrons. The molecule has 1 aromatic rings. The third-order valence-electron chi connectivity index (χ3n) is 3.25. The van der Waals surface area contributed by atoms with Gasteiger partial charge in [-0.25, -0.2) is 17.2 Å². The molecule has 1 fully saturated rings. The number of carbonyl (C=O) groups is 1. The summed E-state index contributed by atoms with van der Waals surface area (Å²) in [5.41, 5.74) is -0.644. The van der Waals surface area contributed by atoms with Crippen LogP contribution < -0.4 is 0 Å². The van der Waals surface area contributed by atoms with Gasteiger partial charge in [-0.1, -0.05) is 6.07 Å². The number of amides is 1. The first-order valence-electron chi connectivity index (χ1n) is 5.73. The molecule has 0 spiro atoms. The molecule has 1 saturated heterocycles. The molecule has 0 bridgehead atoms.